The molecular weight excluding hydrogens is 450 g/mol. The first-order valence-corrected chi connectivity index (χ1v) is 11.8. The molecule has 0 amide bonds. The van der Waals surface area contributed by atoms with Gasteiger partial charge in [-0.15, -0.1) is 11.3 Å². The summed E-state index contributed by atoms with van der Waals surface area (Å²) in [6.07, 6.45) is 1.82. The molecule has 1 aliphatic rings. The molecular formula is C26H23N3O2S2. The van der Waals surface area contributed by atoms with Gasteiger partial charge in [0.2, 0.25) is 0 Å². The second-order valence-corrected chi connectivity index (χ2v) is 9.42. The molecule has 7 heteroatoms. The van der Waals surface area contributed by atoms with Gasteiger partial charge in [0, 0.05) is 21.6 Å². The number of nitrogens with one attached hydrogen (secondary N) is 1. The zero-order chi connectivity index (χ0) is 22.8. The summed E-state index contributed by atoms with van der Waals surface area (Å²) in [5, 5.41) is 4.19. The Balaban J connectivity index is 1.44. The fourth-order valence-electron chi connectivity index (χ4n) is 3.99. The van der Waals surface area contributed by atoms with E-state index in [9.17, 15) is 0 Å². The number of thiocarbonyl (C=S) groups is 1. The van der Waals surface area contributed by atoms with Gasteiger partial charge in [0.15, 0.2) is 5.11 Å². The van der Waals surface area contributed by atoms with Gasteiger partial charge >= 0.3 is 0 Å². The number of ether oxygens (including phenoxy) is 2. The van der Waals surface area contributed by atoms with Crippen molar-refractivity contribution in [1.82, 2.24) is 10.3 Å². The minimum atomic E-state index is -0.0352. The topological polar surface area (TPSA) is 46.6 Å². The summed E-state index contributed by atoms with van der Waals surface area (Å²) in [5.74, 6) is 2.31. The SMILES string of the molecule is COc1ccc(Oc2ccc(N3C(=S)N[C@H](c4ccccn4)[C@@H]3c3ccc(C)s3)cc2)cc1. The minimum Gasteiger partial charge on any atom is -0.497 e. The zero-order valence-corrected chi connectivity index (χ0v) is 19.9. The molecule has 0 radical (unpaired) electrons. The molecule has 2 aromatic heterocycles. The van der Waals surface area contributed by atoms with Crippen molar-refractivity contribution in [1.29, 1.82) is 0 Å². The van der Waals surface area contributed by atoms with Gasteiger partial charge in [-0.25, -0.2) is 0 Å². The third kappa shape index (κ3) is 4.42. The third-order valence-corrected chi connectivity index (χ3v) is 6.95. The molecule has 1 fully saturated rings. The van der Waals surface area contributed by atoms with Crippen LogP contribution < -0.4 is 19.7 Å². The Hall–Kier alpha value is -3.42. The molecule has 2 atom stereocenters. The fourth-order valence-corrected chi connectivity index (χ4v) is 5.34. The minimum absolute atomic E-state index is 0.0134. The Morgan fingerprint density at radius 1 is 0.909 bits per heavy atom. The second-order valence-electron chi connectivity index (χ2n) is 7.72. The smallest absolute Gasteiger partial charge is 0.174 e. The molecule has 0 unspecified atom stereocenters. The predicted octanol–water partition coefficient (Wildman–Crippen LogP) is 6.43. The number of benzene rings is 2. The van der Waals surface area contributed by atoms with Crippen LogP contribution in [-0.4, -0.2) is 17.2 Å². The predicted molar refractivity (Wildman–Crippen MR) is 136 cm³/mol. The van der Waals surface area contributed by atoms with Crippen LogP contribution in [0.15, 0.2) is 85.1 Å². The van der Waals surface area contributed by atoms with Crippen LogP contribution in [0.2, 0.25) is 0 Å². The van der Waals surface area contributed by atoms with Gasteiger partial charge in [-0.1, -0.05) is 6.07 Å². The molecule has 166 valence electrons. The van der Waals surface area contributed by atoms with Crippen LogP contribution >= 0.6 is 23.6 Å². The van der Waals surface area contributed by atoms with Crippen molar-refractivity contribution in [3.05, 3.63) is 101 Å². The zero-order valence-electron chi connectivity index (χ0n) is 18.3. The third-order valence-electron chi connectivity index (χ3n) is 5.56. The van der Waals surface area contributed by atoms with Gasteiger partial charge < -0.3 is 19.7 Å². The standard InChI is InChI=1S/C26H23N3O2S2/c1-17-6-15-23(33-17)25-24(22-5-3-4-16-27-22)28-26(32)29(25)18-7-9-20(10-8-18)31-21-13-11-19(30-2)12-14-21/h3-16,24-25H,1-2H3,(H,28,32)/t24-,25+/m1/s1. The largest absolute Gasteiger partial charge is 0.497 e. The Morgan fingerprint density at radius 3 is 2.21 bits per heavy atom. The van der Waals surface area contributed by atoms with Crippen molar-refractivity contribution in [2.75, 3.05) is 12.0 Å². The van der Waals surface area contributed by atoms with Crippen LogP contribution in [0, 0.1) is 6.92 Å². The van der Waals surface area contributed by atoms with E-state index in [2.05, 4.69) is 34.3 Å². The van der Waals surface area contributed by atoms with Gasteiger partial charge in [-0.3, -0.25) is 4.98 Å². The molecule has 0 aliphatic carbocycles. The lowest BCUT2D eigenvalue weighted by Crippen LogP contribution is -2.28. The first-order chi connectivity index (χ1) is 16.1. The van der Waals surface area contributed by atoms with Crippen molar-refractivity contribution in [3.8, 4) is 17.2 Å². The summed E-state index contributed by atoms with van der Waals surface area (Å²) in [6, 6.07) is 25.9. The molecule has 0 bridgehead atoms. The van der Waals surface area contributed by atoms with Crippen LogP contribution in [0.3, 0.4) is 0 Å². The number of thiophene rings is 1. The molecule has 0 saturated carbocycles. The van der Waals surface area contributed by atoms with Crippen molar-refractivity contribution < 1.29 is 9.47 Å². The highest BCUT2D eigenvalue weighted by molar-refractivity contribution is 7.80. The van der Waals surface area contributed by atoms with E-state index in [1.165, 1.54) is 9.75 Å². The highest BCUT2D eigenvalue weighted by Gasteiger charge is 2.41. The molecule has 1 N–H and O–H groups in total. The van der Waals surface area contributed by atoms with Crippen LogP contribution in [0.1, 0.15) is 27.5 Å². The Morgan fingerprint density at radius 2 is 1.61 bits per heavy atom. The number of rotatable bonds is 6. The van der Waals surface area contributed by atoms with Crippen molar-refractivity contribution in [2.45, 2.75) is 19.0 Å². The first kappa shape index (κ1) is 21.4. The van der Waals surface area contributed by atoms with Crippen molar-refractivity contribution >= 4 is 34.4 Å². The molecule has 0 spiro atoms. The summed E-state index contributed by atoms with van der Waals surface area (Å²) in [6.45, 7) is 2.13. The normalized spacial score (nSPS) is 17.6. The van der Waals surface area contributed by atoms with Gasteiger partial charge in [0.25, 0.3) is 0 Å². The van der Waals surface area contributed by atoms with Crippen molar-refractivity contribution in [2.24, 2.45) is 0 Å². The summed E-state index contributed by atoms with van der Waals surface area (Å²) in [7, 11) is 1.65. The van der Waals surface area contributed by atoms with Crippen LogP contribution in [-0.2, 0) is 0 Å². The Kier molecular flexibility index (Phi) is 5.98. The molecule has 3 heterocycles. The average Bonchev–Trinajstić information content (AvgIpc) is 3.43. The number of hydrogen-bond acceptors (Lipinski definition) is 5. The maximum absolute atomic E-state index is 6.00. The maximum atomic E-state index is 6.00. The number of pyridine rings is 1. The van der Waals surface area contributed by atoms with E-state index in [0.717, 1.165) is 28.6 Å². The molecule has 33 heavy (non-hydrogen) atoms. The highest BCUT2D eigenvalue weighted by Crippen LogP contribution is 2.44. The molecule has 2 aromatic carbocycles. The molecule has 5 nitrogen and oxygen atoms in total. The molecule has 4 aromatic rings. The summed E-state index contributed by atoms with van der Waals surface area (Å²) in [5.41, 5.74) is 1.97. The summed E-state index contributed by atoms with van der Waals surface area (Å²) < 4.78 is 11.2. The number of aryl methyl sites for hydroxylation is 1. The number of methoxy groups -OCH3 is 1. The van der Waals surface area contributed by atoms with E-state index in [0.29, 0.717) is 5.11 Å². The van der Waals surface area contributed by atoms with E-state index in [1.807, 2.05) is 72.9 Å². The maximum Gasteiger partial charge on any atom is 0.174 e. The molecule has 1 aliphatic heterocycles. The van der Waals surface area contributed by atoms with Gasteiger partial charge in [-0.2, -0.15) is 0 Å². The highest BCUT2D eigenvalue weighted by atomic mass is 32.1. The second kappa shape index (κ2) is 9.21. The van der Waals surface area contributed by atoms with Gasteiger partial charge in [0.1, 0.15) is 17.2 Å². The van der Waals surface area contributed by atoms with E-state index in [4.69, 9.17) is 21.7 Å². The Labute approximate surface area is 202 Å². The van der Waals surface area contributed by atoms with Gasteiger partial charge in [0.05, 0.1) is 24.9 Å². The van der Waals surface area contributed by atoms with Crippen molar-refractivity contribution in [3.63, 3.8) is 0 Å². The molecule has 1 saturated heterocycles. The Bertz CT molecular complexity index is 1240. The fraction of sp³-hybridized carbons (Fsp3) is 0.154. The average molecular weight is 474 g/mol. The lowest BCUT2D eigenvalue weighted by molar-refractivity contribution is 0.413. The monoisotopic (exact) mass is 473 g/mol. The quantitative estimate of drug-likeness (QED) is 0.326. The van der Waals surface area contributed by atoms with Crippen LogP contribution in [0.25, 0.3) is 0 Å². The first-order valence-electron chi connectivity index (χ1n) is 10.6. The lowest BCUT2D eigenvalue weighted by Gasteiger charge is -2.27. The van der Waals surface area contributed by atoms with E-state index < -0.39 is 0 Å². The molecule has 5 rings (SSSR count). The number of nitrogens with zero attached hydrogens (tertiary/aromatic N) is 2. The van der Waals surface area contributed by atoms with E-state index in [1.54, 1.807) is 18.4 Å². The van der Waals surface area contributed by atoms with E-state index in [-0.39, 0.29) is 12.1 Å². The summed E-state index contributed by atoms with van der Waals surface area (Å²) in [4.78, 5) is 9.30. The van der Waals surface area contributed by atoms with E-state index >= 15 is 0 Å². The number of hydrogen-bond donors (Lipinski definition) is 1. The van der Waals surface area contributed by atoms with Crippen LogP contribution in [0.5, 0.6) is 17.2 Å². The van der Waals surface area contributed by atoms with Crippen LogP contribution in [0.4, 0.5) is 5.69 Å². The summed E-state index contributed by atoms with van der Waals surface area (Å²) >= 11 is 7.58. The number of aromatic nitrogens is 1. The number of anilines is 1. The van der Waals surface area contributed by atoms with Gasteiger partial charge in [-0.05, 0) is 91.9 Å². The lowest BCUT2D eigenvalue weighted by atomic mass is 10.0.